The predicted octanol–water partition coefficient (Wildman–Crippen LogP) is 2.96. The maximum absolute atomic E-state index is 12.2. The Morgan fingerprint density at radius 1 is 1.32 bits per heavy atom. The van der Waals surface area contributed by atoms with Crippen molar-refractivity contribution in [3.05, 3.63) is 29.8 Å². The summed E-state index contributed by atoms with van der Waals surface area (Å²) in [4.78, 5) is 23.3. The minimum absolute atomic E-state index is 0.120. The third-order valence-electron chi connectivity index (χ3n) is 2.94. The van der Waals surface area contributed by atoms with E-state index >= 15 is 0 Å². The summed E-state index contributed by atoms with van der Waals surface area (Å²) >= 11 is 0. The number of carbonyl (C=O) groups is 2. The van der Waals surface area contributed by atoms with E-state index in [0.717, 1.165) is 12.1 Å². The molecule has 1 aromatic rings. The molecule has 0 aliphatic carbocycles. The molecule has 0 heterocycles. The van der Waals surface area contributed by atoms with Crippen molar-refractivity contribution in [2.24, 2.45) is 0 Å². The van der Waals surface area contributed by atoms with Crippen LogP contribution in [-0.2, 0) is 4.79 Å². The van der Waals surface area contributed by atoms with E-state index in [1.807, 2.05) is 0 Å². The van der Waals surface area contributed by atoms with Gasteiger partial charge in [0.25, 0.3) is 5.91 Å². The molecule has 0 aliphatic heterocycles. The smallest absolute Gasteiger partial charge is 0.480 e. The van der Waals surface area contributed by atoms with Gasteiger partial charge in [0.1, 0.15) is 11.3 Å². The summed E-state index contributed by atoms with van der Waals surface area (Å²) in [6, 6.07) is 4.43. The Labute approximate surface area is 125 Å². The maximum atomic E-state index is 12.2. The summed E-state index contributed by atoms with van der Waals surface area (Å²) < 4.78 is 40.2. The first-order chi connectivity index (χ1) is 10.1. The molecule has 8 heteroatoms. The van der Waals surface area contributed by atoms with Crippen LogP contribution in [0.5, 0.6) is 5.75 Å². The quantitative estimate of drug-likeness (QED) is 0.845. The van der Waals surface area contributed by atoms with Gasteiger partial charge in [0.15, 0.2) is 0 Å². The highest BCUT2D eigenvalue weighted by molar-refractivity contribution is 5.98. The zero-order valence-electron chi connectivity index (χ0n) is 12.0. The summed E-state index contributed by atoms with van der Waals surface area (Å²) in [5.41, 5.74) is -1.61. The summed E-state index contributed by atoms with van der Waals surface area (Å²) in [5, 5.41) is 11.5. The lowest BCUT2D eigenvalue weighted by Gasteiger charge is -2.25. The zero-order valence-corrected chi connectivity index (χ0v) is 12.0. The van der Waals surface area contributed by atoms with E-state index in [4.69, 9.17) is 0 Å². The van der Waals surface area contributed by atoms with Crippen molar-refractivity contribution < 1.29 is 32.6 Å². The van der Waals surface area contributed by atoms with E-state index in [-0.39, 0.29) is 12.0 Å². The number of halogens is 3. The number of alkyl halides is 3. The molecule has 122 valence electrons. The standard InChI is InChI=1S/C14H16F3NO4/c1-3-7-13(2,12(20)21)18-11(19)9-5-4-6-10(8-9)22-14(15,16)17/h4-6,8H,3,7H2,1-2H3,(H,18,19)(H,20,21). The fraction of sp³-hybridized carbons (Fsp3) is 0.429. The topological polar surface area (TPSA) is 75.6 Å². The second-order valence-corrected chi connectivity index (χ2v) is 4.92. The van der Waals surface area contributed by atoms with E-state index in [0.29, 0.717) is 6.42 Å². The molecule has 2 N–H and O–H groups in total. The summed E-state index contributed by atoms with van der Waals surface area (Å²) in [6.07, 6.45) is -4.17. The summed E-state index contributed by atoms with van der Waals surface area (Å²) in [5.74, 6) is -2.55. The third-order valence-corrected chi connectivity index (χ3v) is 2.94. The first-order valence-electron chi connectivity index (χ1n) is 6.49. The van der Waals surface area contributed by atoms with Crippen molar-refractivity contribution in [3.8, 4) is 5.75 Å². The van der Waals surface area contributed by atoms with E-state index in [2.05, 4.69) is 10.1 Å². The lowest BCUT2D eigenvalue weighted by atomic mass is 9.95. The lowest BCUT2D eigenvalue weighted by Crippen LogP contribution is -2.52. The van der Waals surface area contributed by atoms with Crippen molar-refractivity contribution in [1.82, 2.24) is 5.32 Å². The molecule has 0 saturated carbocycles. The van der Waals surface area contributed by atoms with Crippen molar-refractivity contribution in [1.29, 1.82) is 0 Å². The Morgan fingerprint density at radius 2 is 1.95 bits per heavy atom. The van der Waals surface area contributed by atoms with Gasteiger partial charge in [0.05, 0.1) is 0 Å². The molecule has 0 spiro atoms. The van der Waals surface area contributed by atoms with Crippen LogP contribution < -0.4 is 10.1 Å². The number of carboxylic acid groups (broad SMARTS) is 1. The fourth-order valence-electron chi connectivity index (χ4n) is 1.88. The van der Waals surface area contributed by atoms with Crippen LogP contribution in [0.15, 0.2) is 24.3 Å². The number of carbonyl (C=O) groups excluding carboxylic acids is 1. The fourth-order valence-corrected chi connectivity index (χ4v) is 1.88. The first kappa shape index (κ1) is 17.8. The number of amides is 1. The van der Waals surface area contributed by atoms with Crippen LogP contribution in [0.3, 0.4) is 0 Å². The van der Waals surface area contributed by atoms with Gasteiger partial charge in [0, 0.05) is 5.56 Å². The Hall–Kier alpha value is -2.25. The van der Waals surface area contributed by atoms with Crippen LogP contribution in [0.25, 0.3) is 0 Å². The number of carboxylic acids is 1. The van der Waals surface area contributed by atoms with Crippen LogP contribution >= 0.6 is 0 Å². The zero-order chi connectivity index (χ0) is 17.0. The Kier molecular flexibility index (Phi) is 5.40. The first-order valence-corrected chi connectivity index (χ1v) is 6.49. The van der Waals surface area contributed by atoms with E-state index < -0.39 is 29.5 Å². The molecule has 0 bridgehead atoms. The molecular formula is C14H16F3NO4. The normalized spacial score (nSPS) is 14.0. The number of benzene rings is 1. The Bertz CT molecular complexity index is 559. The SMILES string of the molecule is CCCC(C)(NC(=O)c1cccc(OC(F)(F)F)c1)C(=O)O. The van der Waals surface area contributed by atoms with Crippen LogP contribution in [0.1, 0.15) is 37.0 Å². The largest absolute Gasteiger partial charge is 0.573 e. The van der Waals surface area contributed by atoms with Gasteiger partial charge in [-0.1, -0.05) is 19.4 Å². The maximum Gasteiger partial charge on any atom is 0.573 e. The molecule has 5 nitrogen and oxygen atoms in total. The molecule has 0 fully saturated rings. The van der Waals surface area contributed by atoms with Crippen molar-refractivity contribution in [2.45, 2.75) is 38.6 Å². The number of hydrogen-bond acceptors (Lipinski definition) is 3. The highest BCUT2D eigenvalue weighted by Gasteiger charge is 2.34. The molecule has 1 aromatic carbocycles. The average Bonchev–Trinajstić information content (AvgIpc) is 2.37. The number of aliphatic carboxylic acids is 1. The van der Waals surface area contributed by atoms with Crippen molar-refractivity contribution in [3.63, 3.8) is 0 Å². The van der Waals surface area contributed by atoms with Gasteiger partial charge in [-0.15, -0.1) is 13.2 Å². The van der Waals surface area contributed by atoms with Gasteiger partial charge in [-0.05, 0) is 31.5 Å². The summed E-state index contributed by atoms with van der Waals surface area (Å²) in [6.45, 7) is 3.10. The van der Waals surface area contributed by atoms with Gasteiger partial charge in [-0.25, -0.2) is 4.79 Å². The van der Waals surface area contributed by atoms with Crippen molar-refractivity contribution in [2.75, 3.05) is 0 Å². The number of rotatable bonds is 6. The van der Waals surface area contributed by atoms with Crippen LogP contribution in [-0.4, -0.2) is 28.9 Å². The summed E-state index contributed by atoms with van der Waals surface area (Å²) in [7, 11) is 0. The van der Waals surface area contributed by atoms with Crippen molar-refractivity contribution >= 4 is 11.9 Å². The van der Waals surface area contributed by atoms with E-state index in [9.17, 15) is 27.9 Å². The van der Waals surface area contributed by atoms with Gasteiger partial charge < -0.3 is 15.2 Å². The average molecular weight is 319 g/mol. The molecule has 0 saturated heterocycles. The monoisotopic (exact) mass is 319 g/mol. The van der Waals surface area contributed by atoms with E-state index in [1.54, 1.807) is 6.92 Å². The molecule has 0 aliphatic rings. The molecule has 0 aromatic heterocycles. The van der Waals surface area contributed by atoms with Gasteiger partial charge >= 0.3 is 12.3 Å². The number of nitrogens with one attached hydrogen (secondary N) is 1. The van der Waals surface area contributed by atoms with Gasteiger partial charge in [-0.3, -0.25) is 4.79 Å². The minimum Gasteiger partial charge on any atom is -0.480 e. The number of ether oxygens (including phenoxy) is 1. The Balaban J connectivity index is 2.94. The lowest BCUT2D eigenvalue weighted by molar-refractivity contribution is -0.274. The second kappa shape index (κ2) is 6.67. The highest BCUT2D eigenvalue weighted by atomic mass is 19.4. The minimum atomic E-state index is -4.87. The molecule has 1 amide bonds. The third kappa shape index (κ3) is 4.94. The highest BCUT2D eigenvalue weighted by Crippen LogP contribution is 2.23. The Morgan fingerprint density at radius 3 is 2.45 bits per heavy atom. The second-order valence-electron chi connectivity index (χ2n) is 4.92. The molecule has 22 heavy (non-hydrogen) atoms. The molecule has 1 rings (SSSR count). The molecule has 1 atom stereocenters. The molecule has 0 radical (unpaired) electrons. The number of hydrogen-bond donors (Lipinski definition) is 2. The van der Waals surface area contributed by atoms with Gasteiger partial charge in [-0.2, -0.15) is 0 Å². The van der Waals surface area contributed by atoms with Crippen LogP contribution in [0.4, 0.5) is 13.2 Å². The van der Waals surface area contributed by atoms with E-state index in [1.165, 1.54) is 19.1 Å². The predicted molar refractivity (Wildman–Crippen MR) is 71.5 cm³/mol. The van der Waals surface area contributed by atoms with Crippen LogP contribution in [0.2, 0.25) is 0 Å². The van der Waals surface area contributed by atoms with Crippen LogP contribution in [0, 0.1) is 0 Å². The van der Waals surface area contributed by atoms with Gasteiger partial charge in [0.2, 0.25) is 0 Å². The molecular weight excluding hydrogens is 303 g/mol. The molecule has 1 unspecified atom stereocenters.